The van der Waals surface area contributed by atoms with Gasteiger partial charge in [-0.05, 0) is 30.7 Å². The van der Waals surface area contributed by atoms with Crippen LogP contribution in [0.15, 0.2) is 24.3 Å². The number of aliphatic carboxylic acids is 1. The van der Waals surface area contributed by atoms with Crippen LogP contribution in [0.4, 0.5) is 0 Å². The molecule has 0 bridgehead atoms. The average molecular weight is 364 g/mol. The summed E-state index contributed by atoms with van der Waals surface area (Å²) >= 11 is 0. The van der Waals surface area contributed by atoms with Gasteiger partial charge >= 0.3 is 5.97 Å². The van der Waals surface area contributed by atoms with Crippen LogP contribution in [0.5, 0.6) is 5.75 Å². The monoisotopic (exact) mass is 364 g/mol. The predicted molar refractivity (Wildman–Crippen MR) is 97.5 cm³/mol. The number of carboxylic acid groups (broad SMARTS) is 1. The minimum absolute atomic E-state index is 0.0394. The van der Waals surface area contributed by atoms with Crippen LogP contribution >= 0.6 is 0 Å². The topological polar surface area (TPSA) is 79.3 Å². The van der Waals surface area contributed by atoms with E-state index in [1.165, 1.54) is 0 Å². The summed E-state index contributed by atoms with van der Waals surface area (Å²) < 4.78 is 10.8. The third-order valence-corrected chi connectivity index (χ3v) is 4.58. The van der Waals surface area contributed by atoms with Crippen molar-refractivity contribution >= 4 is 11.9 Å². The molecule has 2 rings (SSSR count). The molecule has 2 unspecified atom stereocenters. The number of methoxy groups -OCH3 is 1. The van der Waals surface area contributed by atoms with E-state index in [9.17, 15) is 9.59 Å². The maximum absolute atomic E-state index is 12.7. The van der Waals surface area contributed by atoms with Crippen molar-refractivity contribution in [3.8, 4) is 5.75 Å². The van der Waals surface area contributed by atoms with E-state index in [1.54, 1.807) is 19.1 Å². The Balaban J connectivity index is 1.86. The molecule has 2 atom stereocenters. The van der Waals surface area contributed by atoms with E-state index >= 15 is 0 Å². The van der Waals surface area contributed by atoms with E-state index < -0.39 is 5.97 Å². The van der Waals surface area contributed by atoms with Crippen molar-refractivity contribution in [2.75, 3.05) is 46.9 Å². The van der Waals surface area contributed by atoms with Crippen LogP contribution < -0.4 is 4.74 Å². The first-order valence-electron chi connectivity index (χ1n) is 8.82. The Kier molecular flexibility index (Phi) is 7.41. The van der Waals surface area contributed by atoms with E-state index in [2.05, 4.69) is 0 Å². The van der Waals surface area contributed by atoms with Gasteiger partial charge in [-0.15, -0.1) is 0 Å². The first kappa shape index (κ1) is 20.2. The maximum atomic E-state index is 12.7. The molecule has 1 aromatic carbocycles. The van der Waals surface area contributed by atoms with Gasteiger partial charge in [0.2, 0.25) is 5.91 Å². The number of amides is 1. The Labute approximate surface area is 154 Å². The molecule has 1 fully saturated rings. The molecule has 0 saturated carbocycles. The summed E-state index contributed by atoms with van der Waals surface area (Å²) in [6, 6.07) is 7.78. The number of carboxylic acids is 1. The molecule has 1 amide bonds. The molecule has 0 aromatic heterocycles. The van der Waals surface area contributed by atoms with Crippen LogP contribution in [0.1, 0.15) is 24.8 Å². The van der Waals surface area contributed by atoms with E-state index in [0.717, 1.165) is 11.3 Å². The van der Waals surface area contributed by atoms with Gasteiger partial charge in [-0.25, -0.2) is 0 Å². The lowest BCUT2D eigenvalue weighted by molar-refractivity contribution is -0.142. The minimum Gasteiger partial charge on any atom is -0.497 e. The second-order valence-electron chi connectivity index (χ2n) is 6.80. The Morgan fingerprint density at radius 3 is 2.69 bits per heavy atom. The predicted octanol–water partition coefficient (Wildman–Crippen LogP) is 1.43. The fourth-order valence-corrected chi connectivity index (χ4v) is 3.14. The normalized spacial score (nSPS) is 18.6. The van der Waals surface area contributed by atoms with Gasteiger partial charge in [0.25, 0.3) is 0 Å². The highest BCUT2D eigenvalue weighted by atomic mass is 16.5. The molecule has 144 valence electrons. The van der Waals surface area contributed by atoms with Gasteiger partial charge in [0.15, 0.2) is 0 Å². The number of hydrogen-bond donors (Lipinski definition) is 1. The summed E-state index contributed by atoms with van der Waals surface area (Å²) in [4.78, 5) is 26.9. The SMILES string of the molecule is COc1ccc(C(C)CC(=O)N2CCOC(CN(C)CC(=O)O)C2)cc1. The van der Waals surface area contributed by atoms with Gasteiger partial charge in [-0.3, -0.25) is 14.5 Å². The average Bonchev–Trinajstić information content (AvgIpc) is 2.61. The molecule has 7 heteroatoms. The van der Waals surface area contributed by atoms with Crippen molar-refractivity contribution in [3.05, 3.63) is 29.8 Å². The standard InChI is InChI=1S/C19H28N2O5/c1-14(15-4-6-16(25-3)7-5-15)10-18(22)21-8-9-26-17(12-21)11-20(2)13-19(23)24/h4-7,14,17H,8-13H2,1-3H3,(H,23,24). The van der Waals surface area contributed by atoms with Gasteiger partial charge in [-0.1, -0.05) is 19.1 Å². The second-order valence-corrected chi connectivity index (χ2v) is 6.80. The number of hydrogen-bond acceptors (Lipinski definition) is 5. The lowest BCUT2D eigenvalue weighted by Gasteiger charge is -2.35. The third kappa shape index (κ3) is 6.00. The molecule has 1 N–H and O–H groups in total. The fourth-order valence-electron chi connectivity index (χ4n) is 3.14. The molecular weight excluding hydrogens is 336 g/mol. The van der Waals surface area contributed by atoms with E-state index in [-0.39, 0.29) is 24.5 Å². The van der Waals surface area contributed by atoms with Crippen LogP contribution in [-0.4, -0.2) is 79.8 Å². The summed E-state index contributed by atoms with van der Waals surface area (Å²) in [5, 5.41) is 8.84. The highest BCUT2D eigenvalue weighted by Gasteiger charge is 2.26. The number of morpholine rings is 1. The van der Waals surface area contributed by atoms with Crippen LogP contribution in [0.3, 0.4) is 0 Å². The lowest BCUT2D eigenvalue weighted by atomic mass is 9.97. The van der Waals surface area contributed by atoms with Crippen LogP contribution in [0.2, 0.25) is 0 Å². The zero-order valence-corrected chi connectivity index (χ0v) is 15.7. The lowest BCUT2D eigenvalue weighted by Crippen LogP contribution is -2.49. The number of ether oxygens (including phenoxy) is 2. The Morgan fingerprint density at radius 2 is 2.08 bits per heavy atom. The summed E-state index contributed by atoms with van der Waals surface area (Å²) in [6.07, 6.45) is 0.276. The largest absolute Gasteiger partial charge is 0.497 e. The molecule has 26 heavy (non-hydrogen) atoms. The van der Waals surface area contributed by atoms with E-state index in [4.69, 9.17) is 14.6 Å². The van der Waals surface area contributed by atoms with Crippen molar-refractivity contribution < 1.29 is 24.2 Å². The zero-order chi connectivity index (χ0) is 19.1. The van der Waals surface area contributed by atoms with Gasteiger partial charge in [0.05, 0.1) is 26.4 Å². The summed E-state index contributed by atoms with van der Waals surface area (Å²) in [5.74, 6) is 0.144. The van der Waals surface area contributed by atoms with Gasteiger partial charge in [0, 0.05) is 26.1 Å². The van der Waals surface area contributed by atoms with Crippen molar-refractivity contribution in [1.29, 1.82) is 0 Å². The summed E-state index contributed by atoms with van der Waals surface area (Å²) in [5.41, 5.74) is 1.10. The van der Waals surface area contributed by atoms with Gasteiger partial charge in [0.1, 0.15) is 5.75 Å². The van der Waals surface area contributed by atoms with Crippen LogP contribution in [0.25, 0.3) is 0 Å². The summed E-state index contributed by atoms with van der Waals surface area (Å²) in [7, 11) is 3.37. The van der Waals surface area contributed by atoms with Gasteiger partial charge in [-0.2, -0.15) is 0 Å². The van der Waals surface area contributed by atoms with Crippen molar-refractivity contribution in [3.63, 3.8) is 0 Å². The number of rotatable bonds is 8. The summed E-state index contributed by atoms with van der Waals surface area (Å²) in [6.45, 7) is 4.05. The number of nitrogens with zero attached hydrogens (tertiary/aromatic N) is 2. The molecule has 1 aliphatic heterocycles. The molecule has 0 spiro atoms. The number of benzene rings is 1. The molecule has 1 saturated heterocycles. The van der Waals surface area contributed by atoms with E-state index in [1.807, 2.05) is 36.1 Å². The zero-order valence-electron chi connectivity index (χ0n) is 15.7. The number of likely N-dealkylation sites (N-methyl/N-ethyl adjacent to an activating group) is 1. The molecule has 7 nitrogen and oxygen atoms in total. The Hall–Kier alpha value is -2.12. The fraction of sp³-hybridized carbons (Fsp3) is 0.579. The highest BCUT2D eigenvalue weighted by molar-refractivity contribution is 5.77. The quantitative estimate of drug-likeness (QED) is 0.752. The van der Waals surface area contributed by atoms with Crippen molar-refractivity contribution in [2.45, 2.75) is 25.4 Å². The molecule has 0 radical (unpaired) electrons. The van der Waals surface area contributed by atoms with Crippen molar-refractivity contribution in [1.82, 2.24) is 9.80 Å². The van der Waals surface area contributed by atoms with Gasteiger partial charge < -0.3 is 19.5 Å². The third-order valence-electron chi connectivity index (χ3n) is 4.58. The smallest absolute Gasteiger partial charge is 0.317 e. The Bertz CT molecular complexity index is 604. The van der Waals surface area contributed by atoms with E-state index in [0.29, 0.717) is 32.7 Å². The molecule has 1 aliphatic rings. The second kappa shape index (κ2) is 9.54. The van der Waals surface area contributed by atoms with Crippen LogP contribution in [-0.2, 0) is 14.3 Å². The molecule has 1 heterocycles. The number of carbonyl (C=O) groups excluding carboxylic acids is 1. The molecule has 0 aliphatic carbocycles. The maximum Gasteiger partial charge on any atom is 0.317 e. The highest BCUT2D eigenvalue weighted by Crippen LogP contribution is 2.23. The minimum atomic E-state index is -0.871. The van der Waals surface area contributed by atoms with Crippen molar-refractivity contribution in [2.24, 2.45) is 0 Å². The first-order valence-corrected chi connectivity index (χ1v) is 8.82. The first-order chi connectivity index (χ1) is 12.4. The number of carbonyl (C=O) groups is 2. The molecule has 1 aromatic rings. The Morgan fingerprint density at radius 1 is 1.38 bits per heavy atom. The van der Waals surface area contributed by atoms with Crippen LogP contribution in [0, 0.1) is 0 Å². The molecular formula is C19H28N2O5.